The summed E-state index contributed by atoms with van der Waals surface area (Å²) < 4.78 is 11.9. The van der Waals surface area contributed by atoms with Crippen LogP contribution >= 0.6 is 0 Å². The number of aromatic nitrogens is 2. The molecule has 0 radical (unpaired) electrons. The maximum Gasteiger partial charge on any atom is 0.223 e. The fourth-order valence-corrected chi connectivity index (χ4v) is 4.56. The van der Waals surface area contributed by atoms with Gasteiger partial charge in [0.1, 0.15) is 11.4 Å². The molecule has 1 saturated carbocycles. The molecule has 3 aliphatic rings. The fraction of sp³-hybridized carbons (Fsp3) is 0.583. The van der Waals surface area contributed by atoms with Gasteiger partial charge in [0.2, 0.25) is 5.95 Å². The Hall–Kier alpha value is -2.18. The van der Waals surface area contributed by atoms with E-state index in [4.69, 9.17) is 14.5 Å². The average Bonchev–Trinajstić information content (AvgIpc) is 3.43. The van der Waals surface area contributed by atoms with Crippen molar-refractivity contribution in [3.63, 3.8) is 0 Å². The summed E-state index contributed by atoms with van der Waals surface area (Å²) in [6.07, 6.45) is 5.49. The summed E-state index contributed by atoms with van der Waals surface area (Å²) in [7, 11) is 0. The van der Waals surface area contributed by atoms with Crippen LogP contribution in [0, 0.1) is 0 Å². The predicted octanol–water partition coefficient (Wildman–Crippen LogP) is 3.90. The molecule has 1 aromatic carbocycles. The van der Waals surface area contributed by atoms with Crippen LogP contribution in [0.1, 0.15) is 56.9 Å². The molecule has 2 fully saturated rings. The maximum atomic E-state index is 5.98. The summed E-state index contributed by atoms with van der Waals surface area (Å²) in [5, 5.41) is 3.46. The van der Waals surface area contributed by atoms with Gasteiger partial charge >= 0.3 is 0 Å². The summed E-state index contributed by atoms with van der Waals surface area (Å²) in [4.78, 5) is 12.0. The molecule has 1 aliphatic carbocycles. The standard InChI is InChI=1S/C24H32N4O2/c1-23(2,3)30-20-8-4-17(5-9-20)13-28-11-10-24(15-28)16-29-14-18-12-25-22(27-21(18)24)26-19-6-7-19/h4-5,8-9,12,19H,6-7,10-11,13-16H2,1-3H3,(H,25,26,27). The molecular weight excluding hydrogens is 376 g/mol. The zero-order valence-electron chi connectivity index (χ0n) is 18.3. The van der Waals surface area contributed by atoms with Crippen molar-refractivity contribution in [2.24, 2.45) is 0 Å². The van der Waals surface area contributed by atoms with Crippen molar-refractivity contribution in [3.05, 3.63) is 47.3 Å². The molecule has 2 aliphatic heterocycles. The molecular formula is C24H32N4O2. The minimum absolute atomic E-state index is 0.0220. The number of ether oxygens (including phenoxy) is 2. The molecule has 6 nitrogen and oxygen atoms in total. The number of fused-ring (bicyclic) bond motifs is 2. The van der Waals surface area contributed by atoms with Crippen molar-refractivity contribution < 1.29 is 9.47 Å². The van der Waals surface area contributed by atoms with E-state index in [9.17, 15) is 0 Å². The van der Waals surface area contributed by atoms with E-state index in [1.165, 1.54) is 24.1 Å². The lowest BCUT2D eigenvalue weighted by Gasteiger charge is -2.34. The number of anilines is 1. The molecule has 1 atom stereocenters. The van der Waals surface area contributed by atoms with E-state index in [1.807, 2.05) is 6.20 Å². The van der Waals surface area contributed by atoms with E-state index in [-0.39, 0.29) is 11.0 Å². The average molecular weight is 409 g/mol. The van der Waals surface area contributed by atoms with Crippen LogP contribution in [0.3, 0.4) is 0 Å². The van der Waals surface area contributed by atoms with Gasteiger partial charge in [0.05, 0.1) is 24.3 Å². The Kier molecular flexibility index (Phi) is 4.94. The first-order valence-corrected chi connectivity index (χ1v) is 11.1. The van der Waals surface area contributed by atoms with E-state index >= 15 is 0 Å². The highest BCUT2D eigenvalue weighted by Gasteiger charge is 2.45. The van der Waals surface area contributed by atoms with Gasteiger partial charge in [-0.05, 0) is 64.3 Å². The molecule has 1 unspecified atom stereocenters. The van der Waals surface area contributed by atoms with E-state index < -0.39 is 0 Å². The molecule has 160 valence electrons. The Morgan fingerprint density at radius 1 is 1.23 bits per heavy atom. The molecule has 0 bridgehead atoms. The minimum Gasteiger partial charge on any atom is -0.488 e. The predicted molar refractivity (Wildman–Crippen MR) is 117 cm³/mol. The van der Waals surface area contributed by atoms with Crippen LogP contribution in [0.15, 0.2) is 30.5 Å². The van der Waals surface area contributed by atoms with Crippen LogP contribution in [0.2, 0.25) is 0 Å². The lowest BCUT2D eigenvalue weighted by molar-refractivity contribution is 0.0503. The SMILES string of the molecule is CC(C)(C)Oc1ccc(CN2CCC3(COCc4cnc(NC5CC5)nc43)C2)cc1. The van der Waals surface area contributed by atoms with Crippen molar-refractivity contribution in [1.82, 2.24) is 14.9 Å². The maximum absolute atomic E-state index is 5.98. The number of hydrogen-bond donors (Lipinski definition) is 1. The quantitative estimate of drug-likeness (QED) is 0.810. The molecule has 30 heavy (non-hydrogen) atoms. The number of rotatable bonds is 5. The first kappa shape index (κ1) is 19.8. The van der Waals surface area contributed by atoms with Crippen LogP contribution in [0.5, 0.6) is 5.75 Å². The molecule has 6 heteroatoms. The smallest absolute Gasteiger partial charge is 0.223 e. The van der Waals surface area contributed by atoms with Crippen molar-refractivity contribution in [3.8, 4) is 5.75 Å². The third kappa shape index (κ3) is 4.30. The monoisotopic (exact) mass is 408 g/mol. The second-order valence-corrected chi connectivity index (χ2v) is 10.1. The summed E-state index contributed by atoms with van der Waals surface area (Å²) in [6, 6.07) is 9.07. The van der Waals surface area contributed by atoms with Gasteiger partial charge in [-0.3, -0.25) is 4.90 Å². The van der Waals surface area contributed by atoms with E-state index in [2.05, 4.69) is 60.2 Å². The van der Waals surface area contributed by atoms with Gasteiger partial charge in [-0.25, -0.2) is 9.97 Å². The van der Waals surface area contributed by atoms with Gasteiger partial charge in [0.15, 0.2) is 0 Å². The molecule has 1 N–H and O–H groups in total. The van der Waals surface area contributed by atoms with Crippen LogP contribution in [-0.2, 0) is 23.3 Å². The Morgan fingerprint density at radius 3 is 2.77 bits per heavy atom. The molecule has 1 aromatic heterocycles. The van der Waals surface area contributed by atoms with Gasteiger partial charge in [-0.1, -0.05) is 12.1 Å². The third-order valence-corrected chi connectivity index (χ3v) is 6.10. The third-order valence-electron chi connectivity index (χ3n) is 6.10. The Morgan fingerprint density at radius 2 is 2.03 bits per heavy atom. The van der Waals surface area contributed by atoms with Crippen molar-refractivity contribution in [2.75, 3.05) is 25.0 Å². The minimum atomic E-state index is -0.174. The molecule has 1 spiro atoms. The molecule has 1 saturated heterocycles. The molecule has 0 amide bonds. The summed E-state index contributed by atoms with van der Waals surface area (Å²) in [5.41, 5.74) is 3.46. The second-order valence-electron chi connectivity index (χ2n) is 10.1. The van der Waals surface area contributed by atoms with Gasteiger partial charge in [0.25, 0.3) is 0 Å². The largest absolute Gasteiger partial charge is 0.488 e. The summed E-state index contributed by atoms with van der Waals surface area (Å²) >= 11 is 0. The van der Waals surface area contributed by atoms with Crippen LogP contribution in [0.4, 0.5) is 5.95 Å². The lowest BCUT2D eigenvalue weighted by atomic mass is 9.80. The molecule has 2 aromatic rings. The number of hydrogen-bond acceptors (Lipinski definition) is 6. The zero-order chi connectivity index (χ0) is 20.8. The van der Waals surface area contributed by atoms with Crippen LogP contribution < -0.4 is 10.1 Å². The highest BCUT2D eigenvalue weighted by Crippen LogP contribution is 2.40. The van der Waals surface area contributed by atoms with Gasteiger partial charge in [0, 0.05) is 30.9 Å². The summed E-state index contributed by atoms with van der Waals surface area (Å²) in [6.45, 7) is 10.5. The number of likely N-dealkylation sites (tertiary alicyclic amines) is 1. The first-order chi connectivity index (χ1) is 14.4. The zero-order valence-corrected chi connectivity index (χ0v) is 18.3. The summed E-state index contributed by atoms with van der Waals surface area (Å²) in [5.74, 6) is 1.71. The van der Waals surface area contributed by atoms with Gasteiger partial charge in [-0.2, -0.15) is 0 Å². The van der Waals surface area contributed by atoms with Gasteiger partial charge in [-0.15, -0.1) is 0 Å². The fourth-order valence-electron chi connectivity index (χ4n) is 4.56. The lowest BCUT2D eigenvalue weighted by Crippen LogP contribution is -2.40. The van der Waals surface area contributed by atoms with Crippen LogP contribution in [0.25, 0.3) is 0 Å². The normalized spacial score (nSPS) is 24.1. The number of benzene rings is 1. The second kappa shape index (κ2) is 7.50. The Balaban J connectivity index is 1.29. The van der Waals surface area contributed by atoms with Crippen LogP contribution in [-0.4, -0.2) is 46.2 Å². The first-order valence-electron chi connectivity index (χ1n) is 11.1. The highest BCUT2D eigenvalue weighted by atomic mass is 16.5. The van der Waals surface area contributed by atoms with E-state index in [1.54, 1.807) is 0 Å². The van der Waals surface area contributed by atoms with E-state index in [0.29, 0.717) is 12.6 Å². The number of nitrogens with zero attached hydrogens (tertiary/aromatic N) is 3. The van der Waals surface area contributed by atoms with E-state index in [0.717, 1.165) is 49.9 Å². The molecule has 3 heterocycles. The van der Waals surface area contributed by atoms with Gasteiger partial charge < -0.3 is 14.8 Å². The Bertz CT molecular complexity index is 904. The number of nitrogens with one attached hydrogen (secondary N) is 1. The molecule has 5 rings (SSSR count). The van der Waals surface area contributed by atoms with Crippen molar-refractivity contribution in [1.29, 1.82) is 0 Å². The highest BCUT2D eigenvalue weighted by molar-refractivity contribution is 5.38. The van der Waals surface area contributed by atoms with Crippen molar-refractivity contribution in [2.45, 2.75) is 70.2 Å². The topological polar surface area (TPSA) is 59.5 Å². The Labute approximate surface area is 179 Å². The van der Waals surface area contributed by atoms with Crippen molar-refractivity contribution >= 4 is 5.95 Å².